The summed E-state index contributed by atoms with van der Waals surface area (Å²) in [5, 5.41) is 33.7. The van der Waals surface area contributed by atoms with Crippen LogP contribution in [0.5, 0.6) is 0 Å². The number of aliphatic hydroxyl groups excluding tert-OH is 1. The van der Waals surface area contributed by atoms with Gasteiger partial charge in [-0.2, -0.15) is 0 Å². The lowest BCUT2D eigenvalue weighted by Crippen LogP contribution is -2.58. The predicted octanol–water partition coefficient (Wildman–Crippen LogP) is -4.76. The molecule has 0 aromatic carbocycles. The van der Waals surface area contributed by atoms with E-state index in [2.05, 4.69) is 16.0 Å². The Morgan fingerprint density at radius 2 is 1.09 bits per heavy atom. The van der Waals surface area contributed by atoms with Crippen molar-refractivity contribution in [2.45, 2.75) is 62.7 Å². The maximum atomic E-state index is 12.6. The van der Waals surface area contributed by atoms with E-state index in [-0.39, 0.29) is 32.1 Å². The summed E-state index contributed by atoms with van der Waals surface area (Å²) in [7, 11) is 0. The molecule has 0 aromatic rings. The Kier molecular flexibility index (Phi) is 13.4. The Bertz CT molecular complexity index is 789. The minimum absolute atomic E-state index is 0.244. The van der Waals surface area contributed by atoms with Gasteiger partial charge in [0, 0.05) is 19.3 Å². The van der Waals surface area contributed by atoms with E-state index >= 15 is 0 Å². The van der Waals surface area contributed by atoms with Gasteiger partial charge < -0.3 is 48.5 Å². The second-order valence-electron chi connectivity index (χ2n) is 7.25. The molecule has 16 heteroatoms. The summed E-state index contributed by atoms with van der Waals surface area (Å²) >= 11 is 0. The zero-order valence-electron chi connectivity index (χ0n) is 18.2. The number of rotatable bonds is 17. The van der Waals surface area contributed by atoms with E-state index in [9.17, 15) is 43.8 Å². The summed E-state index contributed by atoms with van der Waals surface area (Å²) in [4.78, 5) is 81.0. The van der Waals surface area contributed by atoms with E-state index in [4.69, 9.17) is 22.3 Å². The van der Waals surface area contributed by atoms with Gasteiger partial charge in [-0.1, -0.05) is 0 Å². The number of nitrogens with two attached hydrogens (primary N) is 3. The van der Waals surface area contributed by atoms with E-state index in [1.54, 1.807) is 0 Å². The molecule has 0 saturated heterocycles. The van der Waals surface area contributed by atoms with Crippen LogP contribution in [0.1, 0.15) is 38.5 Å². The minimum Gasteiger partial charge on any atom is -0.481 e. The van der Waals surface area contributed by atoms with Crippen LogP contribution in [-0.4, -0.2) is 87.6 Å². The lowest BCUT2D eigenvalue weighted by Gasteiger charge is -2.24. The molecule has 0 fully saturated rings. The molecule has 0 heterocycles. The van der Waals surface area contributed by atoms with Crippen LogP contribution >= 0.6 is 0 Å². The molecule has 0 aliphatic carbocycles. The number of aliphatic carboxylic acids is 2. The topological polar surface area (TPSA) is 294 Å². The van der Waals surface area contributed by atoms with Gasteiger partial charge >= 0.3 is 11.9 Å². The molecule has 5 amide bonds. The number of amides is 5. The third-order valence-corrected chi connectivity index (χ3v) is 4.43. The molecule has 0 aliphatic heterocycles. The summed E-state index contributed by atoms with van der Waals surface area (Å²) in [6.45, 7) is -0.927. The molecule has 34 heavy (non-hydrogen) atoms. The molecule has 0 aliphatic rings. The standard InChI is InChI=1S/C18H30N6O10/c19-8(1-6-14(28)29)15(30)24-11(7-25)17(32)22-9(2-4-12(20)26)16(31)23-10(18(33)34)3-5-13(21)27/h8-11,25H,1-7,19H2,(H2,20,26)(H2,21,27)(H,22,32)(H,23,31)(H,24,30)(H,28,29)(H,33,34). The zero-order valence-corrected chi connectivity index (χ0v) is 18.2. The molecular weight excluding hydrogens is 460 g/mol. The first-order chi connectivity index (χ1) is 15.8. The van der Waals surface area contributed by atoms with Crippen molar-refractivity contribution in [3.63, 3.8) is 0 Å². The first-order valence-electron chi connectivity index (χ1n) is 10.1. The number of aliphatic hydroxyl groups is 1. The van der Waals surface area contributed by atoms with Crippen LogP contribution in [0.3, 0.4) is 0 Å². The van der Waals surface area contributed by atoms with Gasteiger partial charge in [0.2, 0.25) is 29.5 Å². The Morgan fingerprint density at radius 3 is 1.53 bits per heavy atom. The molecule has 0 radical (unpaired) electrons. The van der Waals surface area contributed by atoms with Crippen molar-refractivity contribution in [3.05, 3.63) is 0 Å². The monoisotopic (exact) mass is 490 g/mol. The smallest absolute Gasteiger partial charge is 0.326 e. The number of nitrogens with one attached hydrogen (secondary N) is 3. The third kappa shape index (κ3) is 12.3. The number of carbonyl (C=O) groups excluding carboxylic acids is 5. The largest absolute Gasteiger partial charge is 0.481 e. The Hall–Kier alpha value is -3.79. The third-order valence-electron chi connectivity index (χ3n) is 4.43. The minimum atomic E-state index is -1.60. The second-order valence-corrected chi connectivity index (χ2v) is 7.25. The first kappa shape index (κ1) is 30.2. The van der Waals surface area contributed by atoms with Crippen LogP contribution in [0.25, 0.3) is 0 Å². The molecule has 192 valence electrons. The molecule has 0 aromatic heterocycles. The van der Waals surface area contributed by atoms with E-state index in [1.807, 2.05) is 0 Å². The van der Waals surface area contributed by atoms with Crippen molar-refractivity contribution < 1.29 is 48.9 Å². The van der Waals surface area contributed by atoms with E-state index in [1.165, 1.54) is 0 Å². The van der Waals surface area contributed by atoms with Crippen LogP contribution in [0.2, 0.25) is 0 Å². The number of carboxylic acids is 2. The number of hydrogen-bond acceptors (Lipinski definition) is 9. The van der Waals surface area contributed by atoms with Crippen molar-refractivity contribution in [2.24, 2.45) is 17.2 Å². The van der Waals surface area contributed by atoms with Crippen LogP contribution in [0.15, 0.2) is 0 Å². The molecule has 4 unspecified atom stereocenters. The number of hydrogen-bond donors (Lipinski definition) is 9. The average molecular weight is 490 g/mol. The van der Waals surface area contributed by atoms with Gasteiger partial charge in [-0.15, -0.1) is 0 Å². The summed E-state index contributed by atoms with van der Waals surface area (Å²) in [6.07, 6.45) is -2.08. The Morgan fingerprint density at radius 1 is 0.647 bits per heavy atom. The molecule has 0 rings (SSSR count). The highest BCUT2D eigenvalue weighted by Crippen LogP contribution is 2.04. The highest BCUT2D eigenvalue weighted by atomic mass is 16.4. The Balaban J connectivity index is 5.32. The summed E-state index contributed by atoms with van der Waals surface area (Å²) in [5.74, 6) is -7.35. The Labute approximate surface area is 193 Å². The van der Waals surface area contributed by atoms with E-state index in [0.29, 0.717) is 0 Å². The molecule has 0 bridgehead atoms. The lowest BCUT2D eigenvalue weighted by atomic mass is 10.1. The number of primary amides is 2. The fourth-order valence-electron chi connectivity index (χ4n) is 2.53. The summed E-state index contributed by atoms with van der Waals surface area (Å²) < 4.78 is 0. The first-order valence-corrected chi connectivity index (χ1v) is 10.1. The van der Waals surface area contributed by atoms with Crippen molar-refractivity contribution in [3.8, 4) is 0 Å². The molecule has 0 saturated carbocycles. The molecule has 4 atom stereocenters. The van der Waals surface area contributed by atoms with Crippen LogP contribution in [0, 0.1) is 0 Å². The maximum absolute atomic E-state index is 12.6. The SMILES string of the molecule is NC(=O)CCC(NC(=O)C(CCC(N)=O)NC(=O)C(CO)NC(=O)C(N)CCC(=O)O)C(=O)O. The van der Waals surface area contributed by atoms with Gasteiger partial charge in [0.25, 0.3) is 0 Å². The summed E-state index contributed by atoms with van der Waals surface area (Å²) in [6, 6.07) is -5.93. The maximum Gasteiger partial charge on any atom is 0.326 e. The van der Waals surface area contributed by atoms with E-state index in [0.717, 1.165) is 0 Å². The van der Waals surface area contributed by atoms with Gasteiger partial charge in [-0.25, -0.2) is 4.79 Å². The molecule has 0 spiro atoms. The predicted molar refractivity (Wildman–Crippen MR) is 112 cm³/mol. The van der Waals surface area contributed by atoms with Crippen molar-refractivity contribution in [1.82, 2.24) is 16.0 Å². The van der Waals surface area contributed by atoms with Gasteiger partial charge in [-0.05, 0) is 19.3 Å². The normalized spacial score (nSPS) is 14.1. The van der Waals surface area contributed by atoms with Crippen LogP contribution in [0.4, 0.5) is 0 Å². The van der Waals surface area contributed by atoms with Crippen molar-refractivity contribution in [1.29, 1.82) is 0 Å². The fraction of sp³-hybridized carbons (Fsp3) is 0.611. The van der Waals surface area contributed by atoms with Crippen LogP contribution < -0.4 is 33.2 Å². The fourth-order valence-corrected chi connectivity index (χ4v) is 2.53. The van der Waals surface area contributed by atoms with Gasteiger partial charge in [-0.3, -0.25) is 28.8 Å². The molecular formula is C18H30N6O10. The average Bonchev–Trinajstić information content (AvgIpc) is 2.74. The lowest BCUT2D eigenvalue weighted by molar-refractivity contribution is -0.143. The quantitative estimate of drug-likeness (QED) is 0.0932. The van der Waals surface area contributed by atoms with Crippen LogP contribution in [-0.2, 0) is 33.6 Å². The van der Waals surface area contributed by atoms with Gasteiger partial charge in [0.15, 0.2) is 0 Å². The van der Waals surface area contributed by atoms with Crippen molar-refractivity contribution in [2.75, 3.05) is 6.61 Å². The van der Waals surface area contributed by atoms with Gasteiger partial charge in [0.1, 0.15) is 18.1 Å². The molecule has 16 nitrogen and oxygen atoms in total. The summed E-state index contributed by atoms with van der Waals surface area (Å²) in [5.41, 5.74) is 15.6. The highest BCUT2D eigenvalue weighted by molar-refractivity contribution is 5.94. The number of carbonyl (C=O) groups is 7. The highest BCUT2D eigenvalue weighted by Gasteiger charge is 2.30. The molecule has 12 N–H and O–H groups in total. The van der Waals surface area contributed by atoms with E-state index < -0.39 is 78.7 Å². The van der Waals surface area contributed by atoms with Crippen molar-refractivity contribution >= 4 is 41.5 Å². The zero-order chi connectivity index (χ0) is 26.4. The number of carboxylic acid groups (broad SMARTS) is 2. The second kappa shape index (κ2) is 15.1. The van der Waals surface area contributed by atoms with Gasteiger partial charge in [0.05, 0.1) is 12.6 Å².